The second-order valence-corrected chi connectivity index (χ2v) is 5.69. The summed E-state index contributed by atoms with van der Waals surface area (Å²) in [5.41, 5.74) is 7.59. The molecule has 0 bridgehead atoms. The van der Waals surface area contributed by atoms with Crippen molar-refractivity contribution in [2.45, 2.75) is 26.2 Å². The van der Waals surface area contributed by atoms with Gasteiger partial charge < -0.3 is 15.4 Å². The lowest BCUT2D eigenvalue weighted by Gasteiger charge is -2.10. The van der Waals surface area contributed by atoms with E-state index in [0.29, 0.717) is 11.9 Å². The maximum absolute atomic E-state index is 5.80. The first-order chi connectivity index (χ1) is 11.6. The Balaban J connectivity index is 2.07. The summed E-state index contributed by atoms with van der Waals surface area (Å²) in [6, 6.07) is 9.74. The molecule has 2 rings (SSSR count). The molecular formula is C18H25N5O. The van der Waals surface area contributed by atoms with Crippen LogP contribution in [0.3, 0.4) is 0 Å². The van der Waals surface area contributed by atoms with E-state index in [2.05, 4.69) is 21.9 Å². The summed E-state index contributed by atoms with van der Waals surface area (Å²) in [6.45, 7) is 2.93. The topological polar surface area (TPSA) is 76.6 Å². The largest absolute Gasteiger partial charge is 0.494 e. The monoisotopic (exact) mass is 327 g/mol. The number of unbranched alkanes of at least 4 members (excludes halogenated alkanes) is 2. The Morgan fingerprint density at radius 3 is 2.58 bits per heavy atom. The summed E-state index contributed by atoms with van der Waals surface area (Å²) >= 11 is 0. The van der Waals surface area contributed by atoms with Gasteiger partial charge in [0.25, 0.3) is 5.95 Å². The molecule has 1 aromatic carbocycles. The van der Waals surface area contributed by atoms with Crippen molar-refractivity contribution in [2.75, 3.05) is 20.7 Å². The summed E-state index contributed by atoms with van der Waals surface area (Å²) in [5, 5.41) is 0. The fourth-order valence-electron chi connectivity index (χ4n) is 2.03. The van der Waals surface area contributed by atoms with Crippen LogP contribution in [0, 0.1) is 0 Å². The van der Waals surface area contributed by atoms with E-state index in [0.717, 1.165) is 30.0 Å². The van der Waals surface area contributed by atoms with Crippen LogP contribution < -0.4 is 10.5 Å². The van der Waals surface area contributed by atoms with Gasteiger partial charge in [0.2, 0.25) is 0 Å². The van der Waals surface area contributed by atoms with Crippen LogP contribution in [0.25, 0.3) is 11.3 Å². The maximum Gasteiger partial charge on any atom is 0.253 e. The molecule has 0 atom stereocenters. The van der Waals surface area contributed by atoms with Crippen molar-refractivity contribution in [1.82, 2.24) is 14.9 Å². The van der Waals surface area contributed by atoms with Gasteiger partial charge in [0.1, 0.15) is 5.75 Å². The maximum atomic E-state index is 5.80. The molecular weight excluding hydrogens is 302 g/mol. The zero-order chi connectivity index (χ0) is 17.4. The predicted octanol–water partition coefficient (Wildman–Crippen LogP) is 3.22. The van der Waals surface area contributed by atoms with Gasteiger partial charge in [-0.15, -0.1) is 0 Å². The van der Waals surface area contributed by atoms with Crippen molar-refractivity contribution >= 4 is 11.9 Å². The average Bonchev–Trinajstić information content (AvgIpc) is 2.59. The van der Waals surface area contributed by atoms with Crippen molar-refractivity contribution in [3.8, 4) is 17.0 Å². The molecule has 0 radical (unpaired) electrons. The van der Waals surface area contributed by atoms with Gasteiger partial charge in [-0.25, -0.2) is 9.97 Å². The molecule has 0 unspecified atom stereocenters. The number of guanidine groups is 1. The minimum atomic E-state index is 0.346. The van der Waals surface area contributed by atoms with Gasteiger partial charge >= 0.3 is 0 Å². The summed E-state index contributed by atoms with van der Waals surface area (Å²) in [5.74, 6) is 1.58. The summed E-state index contributed by atoms with van der Waals surface area (Å²) in [7, 11) is 3.64. The molecule has 0 amide bonds. The zero-order valence-corrected chi connectivity index (χ0v) is 14.6. The van der Waals surface area contributed by atoms with Crippen LogP contribution in [-0.4, -0.2) is 41.5 Å². The van der Waals surface area contributed by atoms with Crippen molar-refractivity contribution in [2.24, 2.45) is 10.7 Å². The van der Waals surface area contributed by atoms with Crippen LogP contribution in [0.15, 0.2) is 41.5 Å². The molecule has 0 saturated heterocycles. The number of hydrogen-bond donors (Lipinski definition) is 1. The van der Waals surface area contributed by atoms with E-state index in [-0.39, 0.29) is 0 Å². The van der Waals surface area contributed by atoms with E-state index >= 15 is 0 Å². The second-order valence-electron chi connectivity index (χ2n) is 5.69. The van der Waals surface area contributed by atoms with E-state index < -0.39 is 0 Å². The van der Waals surface area contributed by atoms with Crippen molar-refractivity contribution in [1.29, 1.82) is 0 Å². The van der Waals surface area contributed by atoms with E-state index in [1.54, 1.807) is 11.1 Å². The minimum Gasteiger partial charge on any atom is -0.494 e. The highest BCUT2D eigenvalue weighted by molar-refractivity contribution is 5.79. The standard InChI is InChI=1S/C18H25N5O/c1-4-5-6-13-24-15-9-7-14(8-10-15)16-11-12-20-18(21-16)22-17(19)23(2)3/h7-12H,4-6,13H2,1-3H3,(H2,19,20,21,22). The third-order valence-electron chi connectivity index (χ3n) is 3.48. The Morgan fingerprint density at radius 1 is 1.17 bits per heavy atom. The fourth-order valence-corrected chi connectivity index (χ4v) is 2.03. The lowest BCUT2D eigenvalue weighted by molar-refractivity contribution is 0.306. The summed E-state index contributed by atoms with van der Waals surface area (Å²) < 4.78 is 5.72. The first-order valence-electron chi connectivity index (χ1n) is 8.18. The van der Waals surface area contributed by atoms with Crippen LogP contribution in [0.5, 0.6) is 5.75 Å². The highest BCUT2D eigenvalue weighted by Crippen LogP contribution is 2.22. The van der Waals surface area contributed by atoms with E-state index in [9.17, 15) is 0 Å². The SMILES string of the molecule is CCCCCOc1ccc(-c2ccnc(/N=C(/N)N(C)C)n2)cc1. The molecule has 1 aromatic heterocycles. The van der Waals surface area contributed by atoms with Crippen molar-refractivity contribution in [3.63, 3.8) is 0 Å². The molecule has 0 saturated carbocycles. The molecule has 0 aliphatic carbocycles. The third-order valence-corrected chi connectivity index (χ3v) is 3.48. The average molecular weight is 327 g/mol. The summed E-state index contributed by atoms with van der Waals surface area (Å²) in [4.78, 5) is 14.5. The zero-order valence-electron chi connectivity index (χ0n) is 14.6. The van der Waals surface area contributed by atoms with Crippen LogP contribution >= 0.6 is 0 Å². The number of hydrogen-bond acceptors (Lipinski definition) is 4. The predicted molar refractivity (Wildman–Crippen MR) is 97.5 cm³/mol. The Morgan fingerprint density at radius 2 is 1.92 bits per heavy atom. The van der Waals surface area contributed by atoms with Crippen LogP contribution in [-0.2, 0) is 0 Å². The van der Waals surface area contributed by atoms with E-state index in [1.165, 1.54) is 12.8 Å². The van der Waals surface area contributed by atoms with Gasteiger partial charge in [0.05, 0.1) is 12.3 Å². The molecule has 0 aliphatic rings. The van der Waals surface area contributed by atoms with Crippen molar-refractivity contribution < 1.29 is 4.74 Å². The number of nitrogens with zero attached hydrogens (tertiary/aromatic N) is 4. The molecule has 0 aliphatic heterocycles. The molecule has 0 fully saturated rings. The molecule has 6 nitrogen and oxygen atoms in total. The quantitative estimate of drug-likeness (QED) is 0.480. The lowest BCUT2D eigenvalue weighted by atomic mass is 10.1. The van der Waals surface area contributed by atoms with Crippen LogP contribution in [0.4, 0.5) is 5.95 Å². The van der Waals surface area contributed by atoms with Gasteiger partial charge in [-0.1, -0.05) is 19.8 Å². The molecule has 2 aromatic rings. The van der Waals surface area contributed by atoms with Crippen LogP contribution in [0.1, 0.15) is 26.2 Å². The molecule has 128 valence electrons. The van der Waals surface area contributed by atoms with Gasteiger partial charge in [-0.2, -0.15) is 4.99 Å². The Hall–Kier alpha value is -2.63. The number of aliphatic imine (C=N–C) groups is 1. The number of aromatic nitrogens is 2. The number of benzene rings is 1. The Bertz CT molecular complexity index is 667. The lowest BCUT2D eigenvalue weighted by Crippen LogP contribution is -2.29. The fraction of sp³-hybridized carbons (Fsp3) is 0.389. The first-order valence-corrected chi connectivity index (χ1v) is 8.18. The third kappa shape index (κ3) is 5.22. The van der Waals surface area contributed by atoms with E-state index in [4.69, 9.17) is 10.5 Å². The molecule has 2 N–H and O–H groups in total. The Kier molecular flexibility index (Phi) is 6.54. The normalized spacial score (nSPS) is 11.4. The van der Waals surface area contributed by atoms with Gasteiger partial charge in [0.15, 0.2) is 5.96 Å². The van der Waals surface area contributed by atoms with Gasteiger partial charge in [-0.05, 0) is 36.8 Å². The van der Waals surface area contributed by atoms with Gasteiger partial charge in [-0.3, -0.25) is 0 Å². The molecule has 6 heteroatoms. The highest BCUT2D eigenvalue weighted by Gasteiger charge is 2.04. The van der Waals surface area contributed by atoms with Crippen molar-refractivity contribution in [3.05, 3.63) is 36.5 Å². The number of rotatable bonds is 7. The molecule has 0 spiro atoms. The first kappa shape index (κ1) is 17.7. The number of ether oxygens (including phenoxy) is 1. The smallest absolute Gasteiger partial charge is 0.253 e. The Labute approximate surface area is 143 Å². The summed E-state index contributed by atoms with van der Waals surface area (Å²) in [6.07, 6.45) is 5.15. The van der Waals surface area contributed by atoms with Crippen LogP contribution in [0.2, 0.25) is 0 Å². The minimum absolute atomic E-state index is 0.346. The van der Waals surface area contributed by atoms with E-state index in [1.807, 2.05) is 44.4 Å². The second kappa shape index (κ2) is 8.86. The number of nitrogens with two attached hydrogens (primary N) is 1. The van der Waals surface area contributed by atoms with Gasteiger partial charge in [0, 0.05) is 25.9 Å². The molecule has 24 heavy (non-hydrogen) atoms. The molecule has 1 heterocycles. The highest BCUT2D eigenvalue weighted by atomic mass is 16.5.